The van der Waals surface area contributed by atoms with Crippen molar-refractivity contribution in [1.82, 2.24) is 5.32 Å². The highest BCUT2D eigenvalue weighted by Crippen LogP contribution is 2.32. The third-order valence-electron chi connectivity index (χ3n) is 4.45. The molecule has 2 rings (SSSR count). The van der Waals surface area contributed by atoms with E-state index in [1.807, 2.05) is 19.9 Å². The van der Waals surface area contributed by atoms with E-state index in [0.29, 0.717) is 16.0 Å². The van der Waals surface area contributed by atoms with E-state index in [2.05, 4.69) is 17.5 Å². The molecule has 0 saturated heterocycles. The number of amides is 1. The lowest BCUT2D eigenvalue weighted by atomic mass is 9.90. The molecule has 148 valence electrons. The molecule has 0 aliphatic rings. The Kier molecular flexibility index (Phi) is 7.41. The molecule has 1 N–H and O–H groups in total. The zero-order valence-corrected chi connectivity index (χ0v) is 17.2. The Morgan fingerprint density at radius 3 is 2.34 bits per heavy atom. The van der Waals surface area contributed by atoms with E-state index < -0.39 is 24.0 Å². The minimum atomic E-state index is -1.04. The molecule has 0 heterocycles. The number of hydrogen-bond acceptors (Lipinski definition) is 6. The Morgan fingerprint density at radius 1 is 1.10 bits per heavy atom. The van der Waals surface area contributed by atoms with Crippen molar-refractivity contribution in [1.29, 1.82) is 10.5 Å². The number of esters is 1. The molecule has 2 aromatic carbocycles. The van der Waals surface area contributed by atoms with Gasteiger partial charge >= 0.3 is 5.97 Å². The summed E-state index contributed by atoms with van der Waals surface area (Å²) in [5, 5.41) is 21.1. The highest BCUT2D eigenvalue weighted by molar-refractivity contribution is 7.99. The van der Waals surface area contributed by atoms with Gasteiger partial charge in [-0.25, -0.2) is 4.79 Å². The predicted molar refractivity (Wildman–Crippen MR) is 109 cm³/mol. The molecule has 0 saturated carbocycles. The minimum absolute atomic E-state index is 0.107. The van der Waals surface area contributed by atoms with E-state index in [1.54, 1.807) is 49.4 Å². The second kappa shape index (κ2) is 9.77. The van der Waals surface area contributed by atoms with Gasteiger partial charge in [-0.3, -0.25) is 4.79 Å². The molecule has 0 aliphatic heterocycles. The quantitative estimate of drug-likeness (QED) is 0.698. The lowest BCUT2D eigenvalue weighted by molar-refractivity contribution is -0.125. The van der Waals surface area contributed by atoms with Crippen LogP contribution >= 0.6 is 11.8 Å². The number of nitriles is 2. The van der Waals surface area contributed by atoms with E-state index in [0.717, 1.165) is 4.90 Å². The highest BCUT2D eigenvalue weighted by Gasteiger charge is 2.30. The molecule has 1 amide bonds. The molecule has 2 aromatic rings. The average molecular weight is 407 g/mol. The van der Waals surface area contributed by atoms with Gasteiger partial charge in [0, 0.05) is 9.79 Å². The van der Waals surface area contributed by atoms with Crippen LogP contribution < -0.4 is 5.32 Å². The second-order valence-electron chi connectivity index (χ2n) is 6.80. The first-order valence-electron chi connectivity index (χ1n) is 8.96. The van der Waals surface area contributed by atoms with Gasteiger partial charge in [-0.05, 0) is 37.1 Å². The van der Waals surface area contributed by atoms with Crippen molar-refractivity contribution in [2.75, 3.05) is 6.61 Å². The third-order valence-corrected chi connectivity index (χ3v) is 5.61. The van der Waals surface area contributed by atoms with Crippen LogP contribution in [-0.4, -0.2) is 24.0 Å². The minimum Gasteiger partial charge on any atom is -0.452 e. The lowest BCUT2D eigenvalue weighted by Gasteiger charge is -2.27. The molecule has 0 spiro atoms. The molecule has 6 nitrogen and oxygen atoms in total. The fraction of sp³-hybridized carbons (Fsp3) is 0.273. The molecule has 0 aliphatic carbocycles. The van der Waals surface area contributed by atoms with Gasteiger partial charge in [0.15, 0.2) is 6.61 Å². The van der Waals surface area contributed by atoms with Crippen molar-refractivity contribution in [2.45, 2.75) is 36.1 Å². The lowest BCUT2D eigenvalue weighted by Crippen LogP contribution is -2.50. The first kappa shape index (κ1) is 22.0. The van der Waals surface area contributed by atoms with Crippen LogP contribution in [0.4, 0.5) is 0 Å². The summed E-state index contributed by atoms with van der Waals surface area (Å²) in [6.07, 6.45) is 0. The van der Waals surface area contributed by atoms with Crippen molar-refractivity contribution in [3.8, 4) is 12.1 Å². The van der Waals surface area contributed by atoms with Crippen molar-refractivity contribution in [2.24, 2.45) is 5.92 Å². The van der Waals surface area contributed by atoms with Gasteiger partial charge in [0.05, 0.1) is 17.2 Å². The summed E-state index contributed by atoms with van der Waals surface area (Å²) >= 11 is 1.28. The molecule has 0 fully saturated rings. The van der Waals surface area contributed by atoms with Crippen molar-refractivity contribution < 1.29 is 14.3 Å². The molecular formula is C22H21N3O3S. The predicted octanol–water partition coefficient (Wildman–Crippen LogP) is 3.92. The van der Waals surface area contributed by atoms with Gasteiger partial charge in [0.2, 0.25) is 0 Å². The number of hydrogen-bond donors (Lipinski definition) is 1. The van der Waals surface area contributed by atoms with Crippen molar-refractivity contribution in [3.05, 3.63) is 59.7 Å². The average Bonchev–Trinajstić information content (AvgIpc) is 2.72. The Balaban J connectivity index is 2.10. The van der Waals surface area contributed by atoms with Crippen LogP contribution in [0.2, 0.25) is 0 Å². The van der Waals surface area contributed by atoms with Crippen LogP contribution in [0.3, 0.4) is 0 Å². The Hall–Kier alpha value is -3.29. The number of ether oxygens (including phenoxy) is 1. The summed E-state index contributed by atoms with van der Waals surface area (Å²) in [7, 11) is 0. The molecule has 1 atom stereocenters. The maximum atomic E-state index is 12.5. The monoisotopic (exact) mass is 407 g/mol. The number of benzene rings is 2. The Labute approximate surface area is 174 Å². The molecule has 0 bridgehead atoms. The summed E-state index contributed by atoms with van der Waals surface area (Å²) in [5.41, 5.74) is -0.243. The van der Waals surface area contributed by atoms with Gasteiger partial charge in [-0.15, -0.1) is 0 Å². The fourth-order valence-corrected chi connectivity index (χ4v) is 3.34. The van der Waals surface area contributed by atoms with Gasteiger partial charge in [0.25, 0.3) is 5.91 Å². The number of carbonyl (C=O) groups excluding carboxylic acids is 2. The van der Waals surface area contributed by atoms with Gasteiger partial charge in [0.1, 0.15) is 11.6 Å². The standard InChI is InChI=1S/C22H21N3O3S/c1-15(2)22(3,14-24)25-20(26)13-28-21(27)17-9-5-7-11-19(17)29-18-10-6-4-8-16(18)12-23/h4-11,15H,13H2,1-3H3,(H,25,26)/t22-/m0/s1. The summed E-state index contributed by atoms with van der Waals surface area (Å²) < 4.78 is 5.16. The van der Waals surface area contributed by atoms with Gasteiger partial charge in [-0.2, -0.15) is 10.5 Å². The Morgan fingerprint density at radius 2 is 1.72 bits per heavy atom. The number of nitrogens with zero attached hydrogens (tertiary/aromatic N) is 2. The normalized spacial score (nSPS) is 12.3. The maximum absolute atomic E-state index is 12.5. The smallest absolute Gasteiger partial charge is 0.339 e. The molecule has 29 heavy (non-hydrogen) atoms. The van der Waals surface area contributed by atoms with Crippen LogP contribution in [0.1, 0.15) is 36.7 Å². The van der Waals surface area contributed by atoms with Crippen LogP contribution in [0.25, 0.3) is 0 Å². The first-order valence-corrected chi connectivity index (χ1v) is 9.77. The van der Waals surface area contributed by atoms with Crippen LogP contribution in [0, 0.1) is 28.6 Å². The van der Waals surface area contributed by atoms with Crippen LogP contribution in [0.5, 0.6) is 0 Å². The molecule has 0 aromatic heterocycles. The zero-order chi connectivity index (χ0) is 21.4. The summed E-state index contributed by atoms with van der Waals surface area (Å²) in [4.78, 5) is 26.0. The van der Waals surface area contributed by atoms with Crippen molar-refractivity contribution >= 4 is 23.6 Å². The third kappa shape index (κ3) is 5.60. The van der Waals surface area contributed by atoms with Gasteiger partial charge < -0.3 is 10.1 Å². The topological polar surface area (TPSA) is 103 Å². The fourth-order valence-electron chi connectivity index (χ4n) is 2.33. The molecular weight excluding hydrogens is 386 g/mol. The van der Waals surface area contributed by atoms with E-state index in [4.69, 9.17) is 4.74 Å². The van der Waals surface area contributed by atoms with E-state index >= 15 is 0 Å². The van der Waals surface area contributed by atoms with E-state index in [9.17, 15) is 20.1 Å². The van der Waals surface area contributed by atoms with Crippen LogP contribution in [-0.2, 0) is 9.53 Å². The number of nitrogens with one attached hydrogen (secondary N) is 1. The van der Waals surface area contributed by atoms with Crippen LogP contribution in [0.15, 0.2) is 58.3 Å². The molecule has 7 heteroatoms. The molecule has 0 radical (unpaired) electrons. The summed E-state index contributed by atoms with van der Waals surface area (Å²) in [5.74, 6) is -1.30. The van der Waals surface area contributed by atoms with Crippen molar-refractivity contribution in [3.63, 3.8) is 0 Å². The largest absolute Gasteiger partial charge is 0.452 e. The highest BCUT2D eigenvalue weighted by atomic mass is 32.2. The zero-order valence-electron chi connectivity index (χ0n) is 16.4. The Bertz CT molecular complexity index is 991. The maximum Gasteiger partial charge on any atom is 0.339 e. The van der Waals surface area contributed by atoms with Gasteiger partial charge in [-0.1, -0.05) is 49.9 Å². The van der Waals surface area contributed by atoms with E-state index in [-0.39, 0.29) is 5.92 Å². The van der Waals surface area contributed by atoms with E-state index in [1.165, 1.54) is 11.8 Å². The second-order valence-corrected chi connectivity index (χ2v) is 7.88. The molecule has 0 unspecified atom stereocenters. The first-order chi connectivity index (χ1) is 13.8. The number of carbonyl (C=O) groups is 2. The number of rotatable bonds is 7. The SMILES string of the molecule is CC(C)[C@](C)(C#N)NC(=O)COC(=O)c1ccccc1Sc1ccccc1C#N. The summed E-state index contributed by atoms with van der Waals surface area (Å²) in [6, 6.07) is 18.1. The summed E-state index contributed by atoms with van der Waals surface area (Å²) in [6.45, 7) is 4.77.